The van der Waals surface area contributed by atoms with Crippen LogP contribution in [0, 0.1) is 0 Å². The Morgan fingerprint density at radius 1 is 1.38 bits per heavy atom. The molecule has 1 aliphatic carbocycles. The van der Waals surface area contributed by atoms with Crippen molar-refractivity contribution in [2.45, 2.75) is 37.8 Å². The molecule has 0 saturated heterocycles. The van der Waals surface area contributed by atoms with Crippen molar-refractivity contribution in [2.24, 2.45) is 0 Å². The summed E-state index contributed by atoms with van der Waals surface area (Å²) in [5.74, 6) is 0.913. The molecular weight excluding hydrogens is 268 g/mol. The zero-order chi connectivity index (χ0) is 15.1. The van der Waals surface area contributed by atoms with Gasteiger partial charge < -0.3 is 20.5 Å². The lowest BCUT2D eigenvalue weighted by molar-refractivity contribution is -0.121. The lowest BCUT2D eigenvalue weighted by Crippen LogP contribution is -2.27. The molecule has 1 aromatic rings. The highest BCUT2D eigenvalue weighted by Gasteiger charge is 2.22. The molecule has 1 saturated carbocycles. The molecular formula is C16H24N2O3. The third-order valence-corrected chi connectivity index (χ3v) is 3.54. The molecule has 5 heteroatoms. The highest BCUT2D eigenvalue weighted by atomic mass is 16.5. The van der Waals surface area contributed by atoms with Gasteiger partial charge in [-0.05, 0) is 43.5 Å². The zero-order valence-corrected chi connectivity index (χ0v) is 12.5. The predicted molar refractivity (Wildman–Crippen MR) is 81.2 cm³/mol. The minimum Gasteiger partial charge on any atom is -0.497 e. The molecule has 5 nitrogen and oxygen atoms in total. The molecule has 3 N–H and O–H groups in total. The lowest BCUT2D eigenvalue weighted by Gasteiger charge is -2.12. The molecule has 116 valence electrons. The van der Waals surface area contributed by atoms with Crippen molar-refractivity contribution in [1.82, 2.24) is 10.6 Å². The summed E-state index contributed by atoms with van der Waals surface area (Å²) in [6, 6.07) is 7.81. The average Bonchev–Trinajstić information content (AvgIpc) is 3.30. The number of aliphatic hydroxyl groups is 1. The molecule has 1 aromatic carbocycles. The molecule has 0 aliphatic heterocycles. The number of hydrogen-bond acceptors (Lipinski definition) is 4. The van der Waals surface area contributed by atoms with Gasteiger partial charge in [-0.2, -0.15) is 0 Å². The third kappa shape index (κ3) is 5.73. The largest absolute Gasteiger partial charge is 0.497 e. The number of hydrogen-bond donors (Lipinski definition) is 3. The van der Waals surface area contributed by atoms with Crippen LogP contribution in [0.5, 0.6) is 5.75 Å². The Labute approximate surface area is 125 Å². The lowest BCUT2D eigenvalue weighted by atomic mass is 10.1. The van der Waals surface area contributed by atoms with Crippen LogP contribution in [-0.2, 0) is 4.79 Å². The van der Waals surface area contributed by atoms with E-state index in [1.54, 1.807) is 7.11 Å². The first-order valence-corrected chi connectivity index (χ1v) is 7.51. The first-order valence-electron chi connectivity index (χ1n) is 7.51. The third-order valence-electron chi connectivity index (χ3n) is 3.54. The molecule has 1 atom stereocenters. The zero-order valence-electron chi connectivity index (χ0n) is 12.5. The van der Waals surface area contributed by atoms with Gasteiger partial charge in [-0.25, -0.2) is 0 Å². The number of rotatable bonds is 9. The minimum absolute atomic E-state index is 0.134. The molecule has 0 spiro atoms. The highest BCUT2D eigenvalue weighted by Crippen LogP contribution is 2.19. The van der Waals surface area contributed by atoms with Crippen LogP contribution in [0.25, 0.3) is 0 Å². The summed E-state index contributed by atoms with van der Waals surface area (Å²) < 4.78 is 5.08. The van der Waals surface area contributed by atoms with E-state index in [1.807, 2.05) is 24.3 Å². The molecule has 1 fully saturated rings. The molecule has 1 unspecified atom stereocenters. The van der Waals surface area contributed by atoms with Gasteiger partial charge in [0.1, 0.15) is 5.75 Å². The number of amides is 1. The number of carbonyl (C=O) groups excluding carboxylic acids is 1. The maximum atomic E-state index is 11.5. The first kappa shape index (κ1) is 15.8. The Bertz CT molecular complexity index is 443. The molecule has 1 amide bonds. The fourth-order valence-electron chi connectivity index (χ4n) is 2.08. The molecule has 2 rings (SSSR count). The van der Waals surface area contributed by atoms with E-state index in [2.05, 4.69) is 10.6 Å². The van der Waals surface area contributed by atoms with Crippen molar-refractivity contribution in [2.75, 3.05) is 20.2 Å². The van der Waals surface area contributed by atoms with Crippen LogP contribution >= 0.6 is 0 Å². The highest BCUT2D eigenvalue weighted by molar-refractivity contribution is 5.76. The maximum absolute atomic E-state index is 11.5. The Hall–Kier alpha value is -1.59. The van der Waals surface area contributed by atoms with Crippen LogP contribution in [0.1, 0.15) is 37.4 Å². The van der Waals surface area contributed by atoms with E-state index in [0.29, 0.717) is 19.0 Å². The number of ether oxygens (including phenoxy) is 1. The quantitative estimate of drug-likeness (QED) is 0.601. The Morgan fingerprint density at radius 2 is 2.10 bits per heavy atom. The van der Waals surface area contributed by atoms with E-state index in [4.69, 9.17) is 4.74 Å². The second kappa shape index (κ2) is 8.00. The van der Waals surface area contributed by atoms with E-state index in [-0.39, 0.29) is 5.91 Å². The number of aliphatic hydroxyl groups excluding tert-OH is 1. The van der Waals surface area contributed by atoms with E-state index in [0.717, 1.165) is 37.1 Å². The molecule has 0 aromatic heterocycles. The van der Waals surface area contributed by atoms with Crippen molar-refractivity contribution < 1.29 is 14.6 Å². The van der Waals surface area contributed by atoms with Crippen molar-refractivity contribution >= 4 is 5.91 Å². The van der Waals surface area contributed by atoms with E-state index in [9.17, 15) is 9.90 Å². The fraction of sp³-hybridized carbons (Fsp3) is 0.562. The second-order valence-electron chi connectivity index (χ2n) is 5.44. The average molecular weight is 292 g/mol. The van der Waals surface area contributed by atoms with Gasteiger partial charge in [0.25, 0.3) is 0 Å². The van der Waals surface area contributed by atoms with Crippen LogP contribution < -0.4 is 15.4 Å². The molecule has 21 heavy (non-hydrogen) atoms. The number of carbonyl (C=O) groups is 1. The Kier molecular flexibility index (Phi) is 6.02. The fourth-order valence-corrected chi connectivity index (χ4v) is 2.08. The summed E-state index contributed by atoms with van der Waals surface area (Å²) in [5.41, 5.74) is 0.856. The Balaban J connectivity index is 1.57. The second-order valence-corrected chi connectivity index (χ2v) is 5.44. The van der Waals surface area contributed by atoms with Crippen molar-refractivity contribution in [1.29, 1.82) is 0 Å². The predicted octanol–water partition coefficient (Wildman–Crippen LogP) is 1.38. The van der Waals surface area contributed by atoms with Gasteiger partial charge in [0.2, 0.25) is 5.91 Å². The number of methoxy groups -OCH3 is 1. The van der Waals surface area contributed by atoms with Crippen molar-refractivity contribution in [3.63, 3.8) is 0 Å². The van der Waals surface area contributed by atoms with E-state index < -0.39 is 6.10 Å². The van der Waals surface area contributed by atoms with Crippen molar-refractivity contribution in [3.8, 4) is 5.75 Å². The normalized spacial score (nSPS) is 15.5. The molecule has 1 aliphatic rings. The maximum Gasteiger partial charge on any atom is 0.220 e. The van der Waals surface area contributed by atoms with Crippen LogP contribution in [0.3, 0.4) is 0 Å². The van der Waals surface area contributed by atoms with Crippen LogP contribution in [0.4, 0.5) is 0 Å². The molecule has 0 bridgehead atoms. The van der Waals surface area contributed by atoms with Gasteiger partial charge in [0.15, 0.2) is 0 Å². The topological polar surface area (TPSA) is 70.6 Å². The van der Waals surface area contributed by atoms with Crippen molar-refractivity contribution in [3.05, 3.63) is 29.8 Å². The molecule has 0 radical (unpaired) electrons. The van der Waals surface area contributed by atoms with Crippen LogP contribution in [-0.4, -0.2) is 37.3 Å². The van der Waals surface area contributed by atoms with Gasteiger partial charge in [0, 0.05) is 19.0 Å². The summed E-state index contributed by atoms with van der Waals surface area (Å²) in [5, 5.41) is 16.2. The molecule has 0 heterocycles. The Morgan fingerprint density at radius 3 is 2.71 bits per heavy atom. The number of benzene rings is 1. The van der Waals surface area contributed by atoms with E-state index >= 15 is 0 Å². The van der Waals surface area contributed by atoms with Gasteiger partial charge in [-0.15, -0.1) is 0 Å². The van der Waals surface area contributed by atoms with Crippen LogP contribution in [0.2, 0.25) is 0 Å². The smallest absolute Gasteiger partial charge is 0.220 e. The minimum atomic E-state index is -0.545. The van der Waals surface area contributed by atoms with Crippen LogP contribution in [0.15, 0.2) is 24.3 Å². The van der Waals surface area contributed by atoms with Gasteiger partial charge in [-0.3, -0.25) is 4.79 Å². The van der Waals surface area contributed by atoms with Gasteiger partial charge in [0.05, 0.1) is 13.2 Å². The monoisotopic (exact) mass is 292 g/mol. The first-order chi connectivity index (χ1) is 10.2. The summed E-state index contributed by atoms with van der Waals surface area (Å²) in [6.07, 6.45) is 3.03. The summed E-state index contributed by atoms with van der Waals surface area (Å²) >= 11 is 0. The number of nitrogens with one attached hydrogen (secondary N) is 2. The van der Waals surface area contributed by atoms with Gasteiger partial charge >= 0.3 is 0 Å². The summed E-state index contributed by atoms with van der Waals surface area (Å²) in [4.78, 5) is 11.5. The summed E-state index contributed by atoms with van der Waals surface area (Å²) in [7, 11) is 1.62. The standard InChI is InChI=1S/C16H24N2O3/c1-21-14-8-4-12(5-9-14)15(19)11-17-10-2-3-16(20)18-13-6-7-13/h4-5,8-9,13,15,17,19H,2-3,6-7,10-11H2,1H3,(H,18,20). The summed E-state index contributed by atoms with van der Waals surface area (Å²) in [6.45, 7) is 1.21. The SMILES string of the molecule is COc1ccc(C(O)CNCCCC(=O)NC2CC2)cc1. The van der Waals surface area contributed by atoms with Gasteiger partial charge in [-0.1, -0.05) is 12.1 Å². The van der Waals surface area contributed by atoms with E-state index in [1.165, 1.54) is 0 Å².